The van der Waals surface area contributed by atoms with Gasteiger partial charge in [-0.2, -0.15) is 0 Å². The number of cyclic esters (lactones) is 1. The highest BCUT2D eigenvalue weighted by Gasteiger charge is 2.73. The molecule has 21 heavy (non-hydrogen) atoms. The van der Waals surface area contributed by atoms with Crippen LogP contribution >= 0.6 is 0 Å². The number of esters is 1. The maximum absolute atomic E-state index is 12.1. The maximum atomic E-state index is 12.1. The number of hydrogen-bond donors (Lipinski definition) is 3. The van der Waals surface area contributed by atoms with Gasteiger partial charge in [0.2, 0.25) is 0 Å². The molecule has 0 aromatic heterocycles. The molecule has 0 bridgehead atoms. The van der Waals surface area contributed by atoms with Crippen molar-refractivity contribution in [1.29, 1.82) is 0 Å². The van der Waals surface area contributed by atoms with Gasteiger partial charge < -0.3 is 20.1 Å². The van der Waals surface area contributed by atoms with Crippen LogP contribution in [0.2, 0.25) is 0 Å². The van der Waals surface area contributed by atoms with Crippen LogP contribution in [0.15, 0.2) is 11.6 Å². The van der Waals surface area contributed by atoms with E-state index in [2.05, 4.69) is 0 Å². The average Bonchev–Trinajstić information content (AvgIpc) is 2.82. The van der Waals surface area contributed by atoms with Crippen LogP contribution in [-0.2, 0) is 14.3 Å². The van der Waals surface area contributed by atoms with Crippen LogP contribution in [-0.4, -0.2) is 46.1 Å². The highest BCUT2D eigenvalue weighted by atomic mass is 16.6. The zero-order chi connectivity index (χ0) is 15.6. The Morgan fingerprint density at radius 3 is 2.71 bits per heavy atom. The Kier molecular flexibility index (Phi) is 2.82. The molecule has 3 rings (SSSR count). The molecule has 2 fully saturated rings. The number of carboxylic acid groups (broad SMARTS) is 1. The first-order valence-electron chi connectivity index (χ1n) is 7.13. The molecule has 0 radical (unpaired) electrons. The van der Waals surface area contributed by atoms with Gasteiger partial charge in [0.25, 0.3) is 0 Å². The molecule has 1 aliphatic heterocycles. The highest BCUT2D eigenvalue weighted by molar-refractivity contribution is 5.91. The highest BCUT2D eigenvalue weighted by Crippen LogP contribution is 2.68. The zero-order valence-corrected chi connectivity index (χ0v) is 12.1. The van der Waals surface area contributed by atoms with Crippen molar-refractivity contribution in [1.82, 2.24) is 0 Å². The third-order valence-electron chi connectivity index (χ3n) is 5.55. The second-order valence-corrected chi connectivity index (χ2v) is 7.29. The number of carbonyl (C=O) groups is 2. The molecule has 4 atom stereocenters. The minimum absolute atomic E-state index is 0.0497. The molecule has 2 aliphatic carbocycles. The van der Waals surface area contributed by atoms with Crippen molar-refractivity contribution >= 4 is 11.9 Å². The zero-order valence-electron chi connectivity index (χ0n) is 12.1. The van der Waals surface area contributed by atoms with E-state index in [0.717, 1.165) is 0 Å². The van der Waals surface area contributed by atoms with Crippen LogP contribution < -0.4 is 0 Å². The van der Waals surface area contributed by atoms with Gasteiger partial charge in [-0.25, -0.2) is 9.59 Å². The topological polar surface area (TPSA) is 104 Å². The van der Waals surface area contributed by atoms with Gasteiger partial charge in [-0.15, -0.1) is 0 Å². The van der Waals surface area contributed by atoms with Gasteiger partial charge in [0.15, 0.2) is 5.60 Å². The fourth-order valence-electron chi connectivity index (χ4n) is 4.85. The van der Waals surface area contributed by atoms with Crippen LogP contribution in [0.3, 0.4) is 0 Å². The molecule has 3 aliphatic rings. The van der Waals surface area contributed by atoms with Gasteiger partial charge in [-0.1, -0.05) is 19.9 Å². The summed E-state index contributed by atoms with van der Waals surface area (Å²) < 4.78 is 5.00. The third kappa shape index (κ3) is 1.60. The molecule has 6 nitrogen and oxygen atoms in total. The second kappa shape index (κ2) is 4.08. The third-order valence-corrected chi connectivity index (χ3v) is 5.55. The number of aliphatic carboxylic acids is 1. The molecule has 0 aromatic carbocycles. The van der Waals surface area contributed by atoms with E-state index in [1.54, 1.807) is 6.08 Å². The Balaban J connectivity index is 2.18. The fourth-order valence-corrected chi connectivity index (χ4v) is 4.85. The predicted octanol–water partition coefficient (Wildman–Crippen LogP) is 0.330. The van der Waals surface area contributed by atoms with Gasteiger partial charge in [-0.3, -0.25) is 0 Å². The fraction of sp³-hybridized carbons (Fsp3) is 0.733. The van der Waals surface area contributed by atoms with Gasteiger partial charge in [0.05, 0.1) is 13.2 Å². The second-order valence-electron chi connectivity index (χ2n) is 7.29. The van der Waals surface area contributed by atoms with Crippen molar-refractivity contribution in [2.75, 3.05) is 13.2 Å². The number of carbonyl (C=O) groups excluding carboxylic acids is 1. The molecule has 1 saturated carbocycles. The minimum atomic E-state index is -2.04. The molecular formula is C15H20O6. The summed E-state index contributed by atoms with van der Waals surface area (Å²) in [6.07, 6.45) is 2.81. The van der Waals surface area contributed by atoms with Crippen LogP contribution in [0.25, 0.3) is 0 Å². The number of carboxylic acids is 1. The molecule has 3 N–H and O–H groups in total. The van der Waals surface area contributed by atoms with Gasteiger partial charge in [0.1, 0.15) is 0 Å². The lowest BCUT2D eigenvalue weighted by Gasteiger charge is -2.50. The Labute approximate surface area is 122 Å². The first-order chi connectivity index (χ1) is 9.68. The van der Waals surface area contributed by atoms with E-state index in [1.807, 2.05) is 13.8 Å². The molecule has 1 heterocycles. The van der Waals surface area contributed by atoms with E-state index in [-0.39, 0.29) is 23.5 Å². The standard InChI is InChI=1S/C15H20O6/c1-13(2)4-8-3-9(11(17)18)10-5-21-12(19)15(20,7-16)14(8,10)6-13/h3,8,10,16,20H,4-7H2,1-2H3,(H,17,18). The lowest BCUT2D eigenvalue weighted by Crippen LogP contribution is -2.65. The summed E-state index contributed by atoms with van der Waals surface area (Å²) in [6, 6.07) is 0. The van der Waals surface area contributed by atoms with Gasteiger partial charge >= 0.3 is 11.9 Å². The van der Waals surface area contributed by atoms with E-state index in [0.29, 0.717) is 12.8 Å². The Morgan fingerprint density at radius 1 is 1.48 bits per heavy atom. The summed E-state index contributed by atoms with van der Waals surface area (Å²) in [6.45, 7) is 3.26. The maximum Gasteiger partial charge on any atom is 0.341 e. The first-order valence-corrected chi connectivity index (χ1v) is 7.13. The minimum Gasteiger partial charge on any atom is -0.478 e. The van der Waals surface area contributed by atoms with Crippen molar-refractivity contribution in [3.63, 3.8) is 0 Å². The smallest absolute Gasteiger partial charge is 0.341 e. The van der Waals surface area contributed by atoms with E-state index in [4.69, 9.17) is 4.74 Å². The van der Waals surface area contributed by atoms with E-state index < -0.39 is 35.5 Å². The number of rotatable bonds is 2. The van der Waals surface area contributed by atoms with E-state index in [9.17, 15) is 24.9 Å². The Bertz CT molecular complexity index is 550. The monoisotopic (exact) mass is 296 g/mol. The number of aliphatic hydroxyl groups excluding tert-OH is 1. The summed E-state index contributed by atoms with van der Waals surface area (Å²) in [5.41, 5.74) is -2.96. The Morgan fingerprint density at radius 2 is 2.14 bits per heavy atom. The summed E-state index contributed by atoms with van der Waals surface area (Å²) in [4.78, 5) is 23.6. The molecule has 0 aromatic rings. The van der Waals surface area contributed by atoms with Crippen molar-refractivity contribution in [3.8, 4) is 0 Å². The number of allylic oxidation sites excluding steroid dienone is 1. The summed E-state index contributed by atoms with van der Waals surface area (Å²) in [5, 5.41) is 29.9. The normalized spacial score (nSPS) is 43.8. The summed E-state index contributed by atoms with van der Waals surface area (Å²) in [7, 11) is 0. The molecular weight excluding hydrogens is 276 g/mol. The lowest BCUT2D eigenvalue weighted by molar-refractivity contribution is -0.221. The number of hydrogen-bond acceptors (Lipinski definition) is 5. The quantitative estimate of drug-likeness (QED) is 0.634. The first kappa shape index (κ1) is 14.5. The van der Waals surface area contributed by atoms with Gasteiger partial charge in [-0.05, 0) is 24.2 Å². The van der Waals surface area contributed by atoms with Crippen LogP contribution in [0.1, 0.15) is 26.7 Å². The summed E-state index contributed by atoms with van der Waals surface area (Å²) in [5.74, 6) is -2.71. The predicted molar refractivity (Wildman–Crippen MR) is 71.1 cm³/mol. The van der Waals surface area contributed by atoms with Crippen LogP contribution in [0, 0.1) is 22.7 Å². The number of ether oxygens (including phenoxy) is 1. The van der Waals surface area contributed by atoms with Crippen molar-refractivity contribution in [2.24, 2.45) is 22.7 Å². The molecule has 6 heteroatoms. The molecule has 1 saturated heterocycles. The number of aliphatic hydroxyl groups is 2. The van der Waals surface area contributed by atoms with E-state index in [1.165, 1.54) is 0 Å². The molecule has 116 valence electrons. The van der Waals surface area contributed by atoms with Crippen molar-refractivity contribution in [2.45, 2.75) is 32.3 Å². The SMILES string of the molecule is CC1(C)CC2C=C(C(=O)O)C3COC(=O)C(O)(CO)C23C1. The summed E-state index contributed by atoms with van der Waals surface area (Å²) >= 11 is 0. The molecule has 0 amide bonds. The molecule has 1 spiro atoms. The lowest BCUT2D eigenvalue weighted by atomic mass is 9.58. The van der Waals surface area contributed by atoms with Crippen molar-refractivity contribution in [3.05, 3.63) is 11.6 Å². The Hall–Kier alpha value is -1.40. The largest absolute Gasteiger partial charge is 0.478 e. The van der Waals surface area contributed by atoms with Gasteiger partial charge in [0, 0.05) is 16.9 Å². The van der Waals surface area contributed by atoms with Crippen LogP contribution in [0.5, 0.6) is 0 Å². The average molecular weight is 296 g/mol. The molecule has 4 unspecified atom stereocenters. The van der Waals surface area contributed by atoms with Crippen molar-refractivity contribution < 1.29 is 29.6 Å². The van der Waals surface area contributed by atoms with Crippen LogP contribution in [0.4, 0.5) is 0 Å². The van der Waals surface area contributed by atoms with E-state index >= 15 is 0 Å².